The molecule has 2 heterocycles. The van der Waals surface area contributed by atoms with Crippen LogP contribution in [0.2, 0.25) is 0 Å². The highest BCUT2D eigenvalue weighted by Gasteiger charge is 2.17. The molecule has 2 aromatic heterocycles. The second-order valence-corrected chi connectivity index (χ2v) is 7.98. The van der Waals surface area contributed by atoms with Crippen molar-refractivity contribution in [2.75, 3.05) is 20.7 Å². The van der Waals surface area contributed by atoms with Gasteiger partial charge in [0, 0.05) is 29.1 Å². The summed E-state index contributed by atoms with van der Waals surface area (Å²) in [6.45, 7) is 5.31. The third kappa shape index (κ3) is 3.09. The maximum atomic E-state index is 5.80. The minimum Gasteiger partial charge on any atom is -0.496 e. The number of hydrogen-bond donors (Lipinski definition) is 1. The van der Waals surface area contributed by atoms with Crippen LogP contribution in [0.4, 0.5) is 0 Å². The van der Waals surface area contributed by atoms with Crippen LogP contribution < -0.4 is 10.1 Å². The number of thiophene rings is 1. The molecule has 1 atom stereocenters. The third-order valence-corrected chi connectivity index (χ3v) is 6.08. The average Bonchev–Trinajstić information content (AvgIpc) is 3.17. The molecule has 0 unspecified atom stereocenters. The van der Waals surface area contributed by atoms with Gasteiger partial charge in [0.15, 0.2) is 0 Å². The lowest BCUT2D eigenvalue weighted by atomic mass is 9.93. The Kier molecular flexibility index (Phi) is 4.85. The van der Waals surface area contributed by atoms with Crippen LogP contribution in [0.25, 0.3) is 32.1 Å². The number of nitrogens with one attached hydrogen (secondary N) is 1. The number of methoxy groups -OCH3 is 1. The highest BCUT2D eigenvalue weighted by atomic mass is 32.1. The smallest absolute Gasteiger partial charge is 0.127 e. The van der Waals surface area contributed by atoms with Gasteiger partial charge >= 0.3 is 0 Å². The van der Waals surface area contributed by atoms with E-state index in [1.54, 1.807) is 18.4 Å². The van der Waals surface area contributed by atoms with E-state index in [0.29, 0.717) is 5.92 Å². The molecule has 0 bridgehead atoms. The Morgan fingerprint density at radius 3 is 2.67 bits per heavy atom. The van der Waals surface area contributed by atoms with Crippen LogP contribution in [0.3, 0.4) is 0 Å². The van der Waals surface area contributed by atoms with Gasteiger partial charge in [-0.05, 0) is 54.1 Å². The molecule has 0 aliphatic rings. The molecule has 0 saturated carbocycles. The lowest BCUT2D eigenvalue weighted by Gasteiger charge is -2.16. The van der Waals surface area contributed by atoms with Crippen molar-refractivity contribution in [1.82, 2.24) is 10.3 Å². The van der Waals surface area contributed by atoms with E-state index in [1.165, 1.54) is 21.0 Å². The first-order valence-corrected chi connectivity index (χ1v) is 10.1. The number of aryl methyl sites for hydroxylation is 1. The van der Waals surface area contributed by atoms with Gasteiger partial charge in [0.1, 0.15) is 5.75 Å². The van der Waals surface area contributed by atoms with Crippen molar-refractivity contribution >= 4 is 32.3 Å². The molecule has 0 fully saturated rings. The number of likely N-dealkylation sites (N-methyl/N-ethyl adjacent to an activating group) is 1. The van der Waals surface area contributed by atoms with Crippen LogP contribution >= 0.6 is 11.3 Å². The topological polar surface area (TPSA) is 34.1 Å². The van der Waals surface area contributed by atoms with Gasteiger partial charge in [-0.3, -0.25) is 4.98 Å². The standard InChI is InChI=1S/C23H24N2OS/c1-14-11-19(26-4)21(17-7-5-16(6-8-17)15(2)12-24-3)22-18-9-10-27-20(18)13-25-23(14)22/h5-11,13,15,24H,12H2,1-4H3/t15-/m0/s1. The Morgan fingerprint density at radius 1 is 1.19 bits per heavy atom. The fraction of sp³-hybridized carbons (Fsp3) is 0.261. The van der Waals surface area contributed by atoms with Crippen LogP contribution in [-0.4, -0.2) is 25.7 Å². The van der Waals surface area contributed by atoms with Crippen molar-refractivity contribution in [1.29, 1.82) is 0 Å². The minimum absolute atomic E-state index is 0.478. The number of ether oxygens (including phenoxy) is 1. The maximum Gasteiger partial charge on any atom is 0.127 e. The van der Waals surface area contributed by atoms with Crippen molar-refractivity contribution < 1.29 is 4.74 Å². The Morgan fingerprint density at radius 2 is 1.96 bits per heavy atom. The molecule has 1 N–H and O–H groups in total. The summed E-state index contributed by atoms with van der Waals surface area (Å²) in [5.74, 6) is 1.38. The van der Waals surface area contributed by atoms with Gasteiger partial charge in [-0.2, -0.15) is 0 Å². The van der Waals surface area contributed by atoms with E-state index in [-0.39, 0.29) is 0 Å². The maximum absolute atomic E-state index is 5.80. The molecule has 2 aromatic carbocycles. The monoisotopic (exact) mass is 376 g/mol. The molecule has 27 heavy (non-hydrogen) atoms. The summed E-state index contributed by atoms with van der Waals surface area (Å²) in [6.07, 6.45) is 1.98. The van der Waals surface area contributed by atoms with E-state index < -0.39 is 0 Å². The fourth-order valence-corrected chi connectivity index (χ4v) is 4.57. The first-order valence-electron chi connectivity index (χ1n) is 9.22. The quantitative estimate of drug-likeness (QED) is 0.481. The minimum atomic E-state index is 0.478. The number of rotatable bonds is 5. The number of benzene rings is 2. The molecule has 4 aromatic rings. The molecule has 4 heteroatoms. The predicted octanol–water partition coefficient (Wildman–Crippen LogP) is 5.76. The van der Waals surface area contributed by atoms with E-state index in [4.69, 9.17) is 9.72 Å². The van der Waals surface area contributed by atoms with Crippen molar-refractivity contribution in [3.8, 4) is 16.9 Å². The summed E-state index contributed by atoms with van der Waals surface area (Å²) in [7, 11) is 3.74. The van der Waals surface area contributed by atoms with Gasteiger partial charge in [-0.1, -0.05) is 31.2 Å². The van der Waals surface area contributed by atoms with Gasteiger partial charge < -0.3 is 10.1 Å². The molecule has 0 radical (unpaired) electrons. The zero-order valence-electron chi connectivity index (χ0n) is 16.2. The first-order chi connectivity index (χ1) is 13.1. The summed E-state index contributed by atoms with van der Waals surface area (Å²) < 4.78 is 7.00. The number of fused-ring (bicyclic) bond motifs is 3. The van der Waals surface area contributed by atoms with Crippen LogP contribution in [0.15, 0.2) is 48.0 Å². The van der Waals surface area contributed by atoms with Crippen LogP contribution in [0.5, 0.6) is 5.75 Å². The Labute approximate surface area is 164 Å². The molecule has 4 rings (SSSR count). The first kappa shape index (κ1) is 18.0. The Balaban J connectivity index is 1.97. The van der Waals surface area contributed by atoms with E-state index in [2.05, 4.69) is 60.9 Å². The van der Waals surface area contributed by atoms with Gasteiger partial charge in [0.05, 0.1) is 17.3 Å². The molecular weight excluding hydrogens is 352 g/mol. The van der Waals surface area contributed by atoms with Crippen LogP contribution in [0.1, 0.15) is 24.0 Å². The van der Waals surface area contributed by atoms with Crippen molar-refractivity contribution in [3.63, 3.8) is 0 Å². The summed E-state index contributed by atoms with van der Waals surface area (Å²) >= 11 is 1.73. The molecular formula is C23H24N2OS. The van der Waals surface area contributed by atoms with Gasteiger partial charge in [-0.25, -0.2) is 0 Å². The molecule has 0 aliphatic carbocycles. The molecule has 3 nitrogen and oxygen atoms in total. The second kappa shape index (κ2) is 7.29. The number of aromatic nitrogens is 1. The van der Waals surface area contributed by atoms with E-state index in [0.717, 1.165) is 34.5 Å². The molecule has 0 saturated heterocycles. The lowest BCUT2D eigenvalue weighted by molar-refractivity contribution is 0.416. The SMILES string of the molecule is CNC[C@H](C)c1ccc(-c2c(OC)cc(C)c3ncc4sccc4c23)cc1. The molecule has 0 aliphatic heterocycles. The highest BCUT2D eigenvalue weighted by molar-refractivity contribution is 7.17. The number of pyridine rings is 1. The van der Waals surface area contributed by atoms with Gasteiger partial charge in [-0.15, -0.1) is 11.3 Å². The normalized spacial score (nSPS) is 12.6. The van der Waals surface area contributed by atoms with E-state index in [9.17, 15) is 0 Å². The zero-order valence-corrected chi connectivity index (χ0v) is 17.0. The fourth-order valence-electron chi connectivity index (χ4n) is 3.81. The summed E-state index contributed by atoms with van der Waals surface area (Å²) in [5, 5.41) is 7.81. The summed E-state index contributed by atoms with van der Waals surface area (Å²) in [6, 6.07) is 13.2. The second-order valence-electron chi connectivity index (χ2n) is 7.03. The Bertz CT molecular complexity index is 1100. The van der Waals surface area contributed by atoms with Crippen LogP contribution in [-0.2, 0) is 0 Å². The molecule has 0 spiro atoms. The average molecular weight is 377 g/mol. The highest BCUT2D eigenvalue weighted by Crippen LogP contribution is 2.42. The van der Waals surface area contributed by atoms with Gasteiger partial charge in [0.25, 0.3) is 0 Å². The number of nitrogens with zero attached hydrogens (tertiary/aromatic N) is 1. The third-order valence-electron chi connectivity index (χ3n) is 5.23. The predicted molar refractivity (Wildman–Crippen MR) is 116 cm³/mol. The largest absolute Gasteiger partial charge is 0.496 e. The Hall–Kier alpha value is -2.43. The van der Waals surface area contributed by atoms with E-state index in [1.807, 2.05) is 13.2 Å². The van der Waals surface area contributed by atoms with Crippen molar-refractivity contribution in [2.45, 2.75) is 19.8 Å². The number of hydrogen-bond acceptors (Lipinski definition) is 4. The summed E-state index contributed by atoms with van der Waals surface area (Å²) in [5.41, 5.74) is 5.81. The van der Waals surface area contributed by atoms with E-state index >= 15 is 0 Å². The van der Waals surface area contributed by atoms with Crippen LogP contribution in [0, 0.1) is 6.92 Å². The zero-order chi connectivity index (χ0) is 19.0. The lowest BCUT2D eigenvalue weighted by Crippen LogP contribution is -2.14. The van der Waals surface area contributed by atoms with Crippen molar-refractivity contribution in [2.24, 2.45) is 0 Å². The molecule has 0 amide bonds. The summed E-state index contributed by atoms with van der Waals surface area (Å²) in [4.78, 5) is 4.76. The van der Waals surface area contributed by atoms with Crippen molar-refractivity contribution in [3.05, 3.63) is 59.1 Å². The molecule has 138 valence electrons. The van der Waals surface area contributed by atoms with Gasteiger partial charge in [0.2, 0.25) is 0 Å².